The Morgan fingerprint density at radius 1 is 0.958 bits per heavy atom. The number of para-hydroxylation sites is 1. The van der Waals surface area contributed by atoms with Gasteiger partial charge in [-0.2, -0.15) is 0 Å². The maximum absolute atomic E-state index is 12.8. The minimum Gasteiger partial charge on any atom is -0.398 e. The second kappa shape index (κ2) is 5.98. The minimum atomic E-state index is -3.85. The molecular weight excluding hydrogens is 324 g/mol. The molecule has 6 heteroatoms. The maximum Gasteiger partial charge on any atom is 0.268 e. The zero-order valence-corrected chi connectivity index (χ0v) is 13.8. The molecule has 0 saturated carbocycles. The number of aryl methyl sites for hydroxylation is 1. The van der Waals surface area contributed by atoms with Crippen molar-refractivity contribution in [1.29, 1.82) is 0 Å². The number of benzene rings is 2. The SMILES string of the molecule is Cc1ccc(S(=O)(=O)n2cccc2C(=O)c2ccccc2N)cc1. The number of hydrogen-bond acceptors (Lipinski definition) is 4. The van der Waals surface area contributed by atoms with E-state index in [-0.39, 0.29) is 16.2 Å². The van der Waals surface area contributed by atoms with Crippen LogP contribution in [0, 0.1) is 6.92 Å². The van der Waals surface area contributed by atoms with Crippen LogP contribution < -0.4 is 5.73 Å². The Hall–Kier alpha value is -2.86. The molecule has 122 valence electrons. The Morgan fingerprint density at radius 3 is 2.29 bits per heavy atom. The van der Waals surface area contributed by atoms with E-state index in [0.29, 0.717) is 5.69 Å². The number of nitrogens with two attached hydrogens (primary N) is 1. The summed E-state index contributed by atoms with van der Waals surface area (Å²) in [4.78, 5) is 12.8. The lowest BCUT2D eigenvalue weighted by atomic mass is 10.1. The minimum absolute atomic E-state index is 0.0495. The largest absolute Gasteiger partial charge is 0.398 e. The molecule has 0 fully saturated rings. The van der Waals surface area contributed by atoms with E-state index in [4.69, 9.17) is 5.73 Å². The van der Waals surface area contributed by atoms with Crippen molar-refractivity contribution in [3.05, 3.63) is 83.7 Å². The number of carbonyl (C=O) groups excluding carboxylic acids is 1. The number of carbonyl (C=O) groups is 1. The highest BCUT2D eigenvalue weighted by Crippen LogP contribution is 2.21. The van der Waals surface area contributed by atoms with Crippen molar-refractivity contribution in [3.63, 3.8) is 0 Å². The second-order valence-electron chi connectivity index (χ2n) is 5.42. The summed E-state index contributed by atoms with van der Waals surface area (Å²) in [5.74, 6) is -0.436. The fourth-order valence-corrected chi connectivity index (χ4v) is 3.76. The van der Waals surface area contributed by atoms with Crippen molar-refractivity contribution in [3.8, 4) is 0 Å². The summed E-state index contributed by atoms with van der Waals surface area (Å²) in [7, 11) is -3.85. The quantitative estimate of drug-likeness (QED) is 0.585. The smallest absolute Gasteiger partial charge is 0.268 e. The molecular formula is C18H16N2O3S. The van der Waals surface area contributed by atoms with Gasteiger partial charge in [-0.3, -0.25) is 4.79 Å². The summed E-state index contributed by atoms with van der Waals surface area (Å²) in [6, 6.07) is 16.1. The molecule has 0 radical (unpaired) electrons. The molecule has 1 aromatic heterocycles. The summed E-state index contributed by atoms with van der Waals surface area (Å²) in [5, 5.41) is 0. The Labute approximate surface area is 140 Å². The first-order valence-corrected chi connectivity index (χ1v) is 8.74. The molecule has 3 rings (SSSR count). The fourth-order valence-electron chi connectivity index (χ4n) is 2.42. The third-order valence-electron chi connectivity index (χ3n) is 3.73. The van der Waals surface area contributed by atoms with Gasteiger partial charge in [0.25, 0.3) is 10.0 Å². The third-order valence-corrected chi connectivity index (χ3v) is 5.43. The normalized spacial score (nSPS) is 11.4. The summed E-state index contributed by atoms with van der Waals surface area (Å²) < 4.78 is 26.6. The monoisotopic (exact) mass is 340 g/mol. The van der Waals surface area contributed by atoms with Gasteiger partial charge >= 0.3 is 0 Å². The van der Waals surface area contributed by atoms with Crippen molar-refractivity contribution >= 4 is 21.5 Å². The van der Waals surface area contributed by atoms with Gasteiger partial charge in [0.15, 0.2) is 0 Å². The van der Waals surface area contributed by atoms with Crippen LogP contribution in [-0.4, -0.2) is 18.2 Å². The number of nitrogens with zero attached hydrogens (tertiary/aromatic N) is 1. The van der Waals surface area contributed by atoms with Crippen molar-refractivity contribution in [2.24, 2.45) is 0 Å². The number of ketones is 1. The first-order valence-electron chi connectivity index (χ1n) is 7.30. The van der Waals surface area contributed by atoms with Crippen molar-refractivity contribution in [2.45, 2.75) is 11.8 Å². The van der Waals surface area contributed by atoms with Crippen LogP contribution in [0.1, 0.15) is 21.6 Å². The number of anilines is 1. The molecule has 24 heavy (non-hydrogen) atoms. The molecule has 0 atom stereocenters. The summed E-state index contributed by atoms with van der Waals surface area (Å²) in [6.07, 6.45) is 1.36. The Bertz CT molecular complexity index is 1000. The highest BCUT2D eigenvalue weighted by molar-refractivity contribution is 7.90. The molecule has 0 bridgehead atoms. The van der Waals surface area contributed by atoms with E-state index < -0.39 is 15.8 Å². The average Bonchev–Trinajstić information content (AvgIpc) is 3.05. The van der Waals surface area contributed by atoms with E-state index >= 15 is 0 Å². The number of hydrogen-bond donors (Lipinski definition) is 1. The van der Waals surface area contributed by atoms with Crippen LogP contribution in [0.4, 0.5) is 5.69 Å². The number of nitrogen functional groups attached to an aromatic ring is 1. The summed E-state index contributed by atoms with van der Waals surface area (Å²) in [5.41, 5.74) is 7.42. The van der Waals surface area contributed by atoms with Gasteiger partial charge in [-0.25, -0.2) is 12.4 Å². The summed E-state index contributed by atoms with van der Waals surface area (Å²) >= 11 is 0. The molecule has 0 amide bonds. The molecule has 0 saturated heterocycles. The fraction of sp³-hybridized carbons (Fsp3) is 0.0556. The van der Waals surface area contributed by atoms with E-state index in [1.54, 1.807) is 36.4 Å². The topological polar surface area (TPSA) is 82.2 Å². The van der Waals surface area contributed by atoms with E-state index in [0.717, 1.165) is 9.54 Å². The van der Waals surface area contributed by atoms with Crippen LogP contribution in [0.25, 0.3) is 0 Å². The van der Waals surface area contributed by atoms with Crippen molar-refractivity contribution in [2.75, 3.05) is 5.73 Å². The van der Waals surface area contributed by atoms with Gasteiger partial charge in [0.2, 0.25) is 5.78 Å². The Kier molecular flexibility index (Phi) is 3.99. The molecule has 0 unspecified atom stereocenters. The third kappa shape index (κ3) is 2.72. The molecule has 0 aliphatic carbocycles. The summed E-state index contributed by atoms with van der Waals surface area (Å²) in [6.45, 7) is 1.87. The van der Waals surface area contributed by atoms with Gasteiger partial charge in [-0.05, 0) is 43.3 Å². The molecule has 0 aliphatic heterocycles. The van der Waals surface area contributed by atoms with Gasteiger partial charge in [-0.1, -0.05) is 29.8 Å². The second-order valence-corrected chi connectivity index (χ2v) is 7.24. The number of rotatable bonds is 4. The lowest BCUT2D eigenvalue weighted by Gasteiger charge is -2.11. The van der Waals surface area contributed by atoms with E-state index in [1.807, 2.05) is 6.92 Å². The van der Waals surface area contributed by atoms with Crippen LogP contribution in [0.5, 0.6) is 0 Å². The Morgan fingerprint density at radius 2 is 1.62 bits per heavy atom. The van der Waals surface area contributed by atoms with Gasteiger partial charge in [0, 0.05) is 17.4 Å². The molecule has 2 aromatic carbocycles. The molecule has 0 aliphatic rings. The predicted molar refractivity (Wildman–Crippen MR) is 92.5 cm³/mol. The van der Waals surface area contributed by atoms with Crippen molar-refractivity contribution < 1.29 is 13.2 Å². The molecule has 3 aromatic rings. The first kappa shape index (κ1) is 16.0. The van der Waals surface area contributed by atoms with Crippen LogP contribution in [0.3, 0.4) is 0 Å². The van der Waals surface area contributed by atoms with Crippen LogP contribution in [0.2, 0.25) is 0 Å². The average molecular weight is 340 g/mol. The van der Waals surface area contributed by atoms with E-state index in [9.17, 15) is 13.2 Å². The standard InChI is InChI=1S/C18H16N2O3S/c1-13-8-10-14(11-9-13)24(22,23)20-12-4-7-17(20)18(21)15-5-2-3-6-16(15)19/h2-12H,19H2,1H3. The molecule has 5 nitrogen and oxygen atoms in total. The zero-order valence-electron chi connectivity index (χ0n) is 13.0. The lowest BCUT2D eigenvalue weighted by molar-refractivity contribution is 0.103. The van der Waals surface area contributed by atoms with Gasteiger partial charge in [-0.15, -0.1) is 0 Å². The lowest BCUT2D eigenvalue weighted by Crippen LogP contribution is -2.19. The molecule has 1 heterocycles. The molecule has 0 spiro atoms. The maximum atomic E-state index is 12.8. The van der Waals surface area contributed by atoms with Crippen LogP contribution in [-0.2, 0) is 10.0 Å². The van der Waals surface area contributed by atoms with Gasteiger partial charge in [0.05, 0.1) is 4.90 Å². The highest BCUT2D eigenvalue weighted by atomic mass is 32.2. The van der Waals surface area contributed by atoms with Crippen molar-refractivity contribution in [1.82, 2.24) is 3.97 Å². The predicted octanol–water partition coefficient (Wildman–Crippen LogP) is 2.85. The van der Waals surface area contributed by atoms with Gasteiger partial charge < -0.3 is 5.73 Å². The van der Waals surface area contributed by atoms with Crippen LogP contribution >= 0.6 is 0 Å². The van der Waals surface area contributed by atoms with E-state index in [1.165, 1.54) is 30.5 Å². The first-order chi connectivity index (χ1) is 11.4. The van der Waals surface area contributed by atoms with E-state index in [2.05, 4.69) is 0 Å². The molecule has 2 N–H and O–H groups in total. The van der Waals surface area contributed by atoms with Crippen LogP contribution in [0.15, 0.2) is 71.8 Å². The number of aromatic nitrogens is 1. The Balaban J connectivity index is 2.09. The highest BCUT2D eigenvalue weighted by Gasteiger charge is 2.24. The van der Waals surface area contributed by atoms with Gasteiger partial charge in [0.1, 0.15) is 5.69 Å². The zero-order chi connectivity index (χ0) is 17.3.